The van der Waals surface area contributed by atoms with Gasteiger partial charge in [-0.2, -0.15) is 0 Å². The number of hydrogen-bond acceptors (Lipinski definition) is 5. The summed E-state index contributed by atoms with van der Waals surface area (Å²) >= 11 is 0. The van der Waals surface area contributed by atoms with Crippen LogP contribution in [0.2, 0.25) is 0 Å². The van der Waals surface area contributed by atoms with Crippen molar-refractivity contribution in [1.82, 2.24) is 9.88 Å². The second-order valence-electron chi connectivity index (χ2n) is 7.71. The van der Waals surface area contributed by atoms with E-state index in [0.29, 0.717) is 6.61 Å². The Bertz CT molecular complexity index is 1050. The number of carbonyl (C=O) groups excluding carboxylic acids is 1. The Morgan fingerprint density at radius 3 is 2.48 bits per heavy atom. The number of rotatable bonds is 6. The Morgan fingerprint density at radius 1 is 1.06 bits per heavy atom. The topological polar surface area (TPSA) is 57.7 Å². The zero-order chi connectivity index (χ0) is 21.8. The number of methoxy groups -OCH3 is 1. The van der Waals surface area contributed by atoms with Crippen molar-refractivity contribution >= 4 is 57.3 Å². The van der Waals surface area contributed by atoms with Crippen molar-refractivity contribution in [3.8, 4) is 0 Å². The average Bonchev–Trinajstić information content (AvgIpc) is 2.78. The van der Waals surface area contributed by atoms with Gasteiger partial charge >= 0.3 is 0 Å². The van der Waals surface area contributed by atoms with Crippen molar-refractivity contribution in [2.75, 3.05) is 50.1 Å². The molecule has 3 unspecified atom stereocenters. The van der Waals surface area contributed by atoms with Crippen LogP contribution in [0.5, 0.6) is 0 Å². The molecule has 0 spiro atoms. The third kappa shape index (κ3) is 5.22. The Balaban J connectivity index is 1.45. The van der Waals surface area contributed by atoms with Gasteiger partial charge in [-0.15, -0.1) is 18.5 Å². The van der Waals surface area contributed by atoms with E-state index in [4.69, 9.17) is 4.74 Å². The Morgan fingerprint density at radius 2 is 1.77 bits per heavy atom. The van der Waals surface area contributed by atoms with Crippen LogP contribution in [0.3, 0.4) is 0 Å². The number of nitrogens with zero attached hydrogens (tertiary/aromatic N) is 3. The summed E-state index contributed by atoms with van der Waals surface area (Å²) in [6.45, 7) is 3.62. The van der Waals surface area contributed by atoms with Crippen LogP contribution < -0.4 is 20.8 Å². The molecule has 0 radical (unpaired) electrons. The number of piperazine rings is 1. The quantitative estimate of drug-likeness (QED) is 0.578. The van der Waals surface area contributed by atoms with Gasteiger partial charge in [-0.25, -0.2) is 0 Å². The summed E-state index contributed by atoms with van der Waals surface area (Å²) < 4.78 is 5.39. The highest BCUT2D eigenvalue weighted by Crippen LogP contribution is 2.26. The van der Waals surface area contributed by atoms with Crippen LogP contribution in [0.15, 0.2) is 54.7 Å². The number of pyridine rings is 1. The SMILES string of the molecule is COCC(C(=O)Nc1ccc(P)cc1)N1CCN(c2ccnc3ccc(P)cc23)CC1. The fourth-order valence-corrected chi connectivity index (χ4v) is 4.45. The van der Waals surface area contributed by atoms with Crippen LogP contribution in [0, 0.1) is 0 Å². The van der Waals surface area contributed by atoms with Gasteiger partial charge in [0.15, 0.2) is 0 Å². The number of benzene rings is 2. The van der Waals surface area contributed by atoms with Crippen molar-refractivity contribution in [3.63, 3.8) is 0 Å². The summed E-state index contributed by atoms with van der Waals surface area (Å²) in [4.78, 5) is 22.1. The summed E-state index contributed by atoms with van der Waals surface area (Å²) in [6, 6.07) is 15.8. The number of anilines is 2. The van der Waals surface area contributed by atoms with E-state index in [-0.39, 0.29) is 11.9 Å². The van der Waals surface area contributed by atoms with Crippen molar-refractivity contribution in [2.24, 2.45) is 0 Å². The van der Waals surface area contributed by atoms with Crippen LogP contribution in [-0.4, -0.2) is 61.7 Å². The zero-order valence-electron chi connectivity index (χ0n) is 17.6. The lowest BCUT2D eigenvalue weighted by molar-refractivity contribution is -0.123. The van der Waals surface area contributed by atoms with Gasteiger partial charge in [0.1, 0.15) is 6.04 Å². The van der Waals surface area contributed by atoms with E-state index in [1.807, 2.05) is 30.5 Å². The first-order valence-electron chi connectivity index (χ1n) is 10.3. The first-order chi connectivity index (χ1) is 15.0. The first-order valence-corrected chi connectivity index (χ1v) is 11.5. The maximum Gasteiger partial charge on any atom is 0.244 e. The van der Waals surface area contributed by atoms with Gasteiger partial charge in [0.05, 0.1) is 12.1 Å². The zero-order valence-corrected chi connectivity index (χ0v) is 19.9. The molecule has 1 N–H and O–H groups in total. The molecule has 3 aromatic rings. The number of amides is 1. The fraction of sp³-hybridized carbons (Fsp3) is 0.304. The van der Waals surface area contributed by atoms with Crippen LogP contribution in [0.1, 0.15) is 0 Å². The highest BCUT2D eigenvalue weighted by atomic mass is 31.0. The van der Waals surface area contributed by atoms with Gasteiger partial charge in [0.2, 0.25) is 5.91 Å². The minimum Gasteiger partial charge on any atom is -0.383 e. The molecule has 0 saturated carbocycles. The second kappa shape index (κ2) is 10.0. The lowest BCUT2D eigenvalue weighted by Gasteiger charge is -2.39. The van der Waals surface area contributed by atoms with E-state index in [2.05, 4.69) is 62.8 Å². The molecule has 162 valence electrons. The lowest BCUT2D eigenvalue weighted by atomic mass is 10.1. The van der Waals surface area contributed by atoms with Crippen LogP contribution in [-0.2, 0) is 9.53 Å². The minimum absolute atomic E-state index is 0.0335. The van der Waals surface area contributed by atoms with Crippen molar-refractivity contribution < 1.29 is 9.53 Å². The Kier molecular flexibility index (Phi) is 7.14. The summed E-state index contributed by atoms with van der Waals surface area (Å²) in [6.07, 6.45) is 1.87. The predicted octanol–water partition coefficient (Wildman–Crippen LogP) is 2.01. The molecular formula is C23H28N4O2P2. The number of aromatic nitrogens is 1. The normalized spacial score (nSPS) is 15.8. The largest absolute Gasteiger partial charge is 0.383 e. The standard InChI is InChI=1S/C23H28N4O2P2/c1-29-15-22(23(28)25-16-2-4-17(30)5-3-16)27-12-10-26(11-13-27)21-8-9-24-20-7-6-18(31)14-19(20)21/h2-9,14,22H,10-13,15,30-31H2,1H3,(H,25,28). The van der Waals surface area contributed by atoms with E-state index >= 15 is 0 Å². The smallest absolute Gasteiger partial charge is 0.244 e. The van der Waals surface area contributed by atoms with Gasteiger partial charge < -0.3 is 15.0 Å². The lowest BCUT2D eigenvalue weighted by Crippen LogP contribution is -2.55. The summed E-state index contributed by atoms with van der Waals surface area (Å²) in [5.74, 6) is -0.0335. The van der Waals surface area contributed by atoms with Gasteiger partial charge in [0, 0.05) is 56.2 Å². The van der Waals surface area contributed by atoms with E-state index in [1.54, 1.807) is 7.11 Å². The third-order valence-electron chi connectivity index (χ3n) is 5.64. The minimum atomic E-state index is -0.323. The molecule has 1 amide bonds. The number of hydrogen-bond donors (Lipinski definition) is 1. The molecule has 1 aromatic heterocycles. The van der Waals surface area contributed by atoms with Gasteiger partial charge in [-0.05, 0) is 40.9 Å². The van der Waals surface area contributed by atoms with Crippen molar-refractivity contribution in [3.05, 3.63) is 54.7 Å². The van der Waals surface area contributed by atoms with Gasteiger partial charge in [-0.1, -0.05) is 18.2 Å². The highest BCUT2D eigenvalue weighted by molar-refractivity contribution is 7.27. The molecule has 31 heavy (non-hydrogen) atoms. The number of carbonyl (C=O) groups is 1. The molecule has 2 heterocycles. The second-order valence-corrected chi connectivity index (χ2v) is 9.05. The predicted molar refractivity (Wildman–Crippen MR) is 135 cm³/mol. The summed E-state index contributed by atoms with van der Waals surface area (Å²) in [5.41, 5.74) is 2.99. The maximum atomic E-state index is 13.0. The van der Waals surface area contributed by atoms with E-state index in [9.17, 15) is 4.79 Å². The molecule has 3 atom stereocenters. The molecule has 1 saturated heterocycles. The van der Waals surface area contributed by atoms with Crippen molar-refractivity contribution in [1.29, 1.82) is 0 Å². The van der Waals surface area contributed by atoms with E-state index in [0.717, 1.165) is 53.4 Å². The number of fused-ring (bicyclic) bond motifs is 1. The molecule has 0 bridgehead atoms. The molecule has 2 aromatic carbocycles. The molecule has 0 aliphatic carbocycles. The van der Waals surface area contributed by atoms with E-state index < -0.39 is 0 Å². The van der Waals surface area contributed by atoms with Crippen molar-refractivity contribution in [2.45, 2.75) is 6.04 Å². The fourth-order valence-electron chi connectivity index (χ4n) is 4.00. The van der Waals surface area contributed by atoms with Gasteiger partial charge in [0.25, 0.3) is 0 Å². The third-order valence-corrected chi connectivity index (χ3v) is 6.39. The van der Waals surface area contributed by atoms with E-state index in [1.165, 1.54) is 5.69 Å². The summed E-state index contributed by atoms with van der Waals surface area (Å²) in [7, 11) is 7.05. The van der Waals surface area contributed by atoms with Crippen LogP contribution in [0.25, 0.3) is 10.9 Å². The molecule has 8 heteroatoms. The van der Waals surface area contributed by atoms with Crippen LogP contribution in [0.4, 0.5) is 11.4 Å². The summed E-state index contributed by atoms with van der Waals surface area (Å²) in [5, 5.41) is 6.42. The number of ether oxygens (including phenoxy) is 1. The molecule has 1 aliphatic rings. The molecule has 1 aliphatic heterocycles. The molecule has 4 rings (SSSR count). The highest BCUT2D eigenvalue weighted by Gasteiger charge is 2.29. The Labute approximate surface area is 187 Å². The molecule has 6 nitrogen and oxygen atoms in total. The molecular weight excluding hydrogens is 426 g/mol. The monoisotopic (exact) mass is 454 g/mol. The number of nitrogens with one attached hydrogen (secondary N) is 1. The average molecular weight is 454 g/mol. The van der Waals surface area contributed by atoms with Crippen LogP contribution >= 0.6 is 18.5 Å². The molecule has 1 fully saturated rings. The Hall–Kier alpha value is -2.10. The van der Waals surface area contributed by atoms with Gasteiger partial charge in [-0.3, -0.25) is 14.7 Å². The maximum absolute atomic E-state index is 13.0. The first kappa shape index (κ1) is 22.1.